The van der Waals surface area contributed by atoms with Crippen molar-refractivity contribution in [2.45, 2.75) is 179 Å². The molecule has 3 heterocycles. The molecule has 15 heteroatoms. The van der Waals surface area contributed by atoms with Crippen LogP contribution in [0.1, 0.15) is 94.9 Å². The van der Waals surface area contributed by atoms with E-state index < -0.39 is 102 Å². The van der Waals surface area contributed by atoms with Crippen LogP contribution in [-0.4, -0.2) is 153 Å². The maximum absolute atomic E-state index is 14.1. The zero-order valence-electron chi connectivity index (χ0n) is 33.4. The largest absolute Gasteiger partial charge is 0.459 e. The van der Waals surface area contributed by atoms with Gasteiger partial charge in [0.1, 0.15) is 23.9 Å². The lowest BCUT2D eigenvalue weighted by molar-refractivity contribution is -0.317. The SMILES string of the molecule is CC[C@H]1OC(=O)[C@H](C)[C@@H](OC2C[C@](C)(OC)[C@H](O)[C@@H](C)O2)[C@H](C)[C@@H](OC2O[C@H](C)C[C@H](N(C)C)[C@H]2O)C(C)(O)C[C@@H](C)/C(=N/O)[C@H](C)[C@@H](O)[C@]1(C)O. The first-order valence-electron chi connectivity index (χ1n) is 18.7. The van der Waals surface area contributed by atoms with Crippen molar-refractivity contribution in [3.8, 4) is 0 Å². The standard InChI is InChI=1S/C37H68N2O13/c1-14-25-37(10,45)30(41)20(4)27(38-46)18(2)16-35(8,44)32(52-34-28(40)24(39(11)12)15-19(3)48-34)21(5)29(22(6)33(43)50-25)51-26-17-36(9,47-13)31(42)23(7)49-26/h18-26,28-32,34,40-42,44-46H,14-17H2,1-13H3/b38-27-/t18-,19-,20+,21+,22-,23-,24+,25-,26?,28-,29+,30-,31-,32-,34?,35?,36+,37-/m1/s1. The Hall–Kier alpha value is -1.50. The Kier molecular flexibility index (Phi) is 15.1. The van der Waals surface area contributed by atoms with Gasteiger partial charge in [0.25, 0.3) is 0 Å². The normalized spacial score (nSPS) is 49.8. The molecule has 0 aromatic heterocycles. The predicted octanol–water partition coefficient (Wildman–Crippen LogP) is 2.05. The first-order valence-corrected chi connectivity index (χ1v) is 18.7. The summed E-state index contributed by atoms with van der Waals surface area (Å²) in [5.74, 6) is -4.24. The highest BCUT2D eigenvalue weighted by atomic mass is 16.7. The van der Waals surface area contributed by atoms with Gasteiger partial charge in [0.05, 0.1) is 53.4 Å². The van der Waals surface area contributed by atoms with Gasteiger partial charge in [-0.05, 0) is 74.9 Å². The molecule has 0 amide bonds. The van der Waals surface area contributed by atoms with Crippen LogP contribution in [0.2, 0.25) is 0 Å². The van der Waals surface area contributed by atoms with Gasteiger partial charge in [0.2, 0.25) is 0 Å². The minimum absolute atomic E-state index is 0.0657. The van der Waals surface area contributed by atoms with Crippen LogP contribution in [-0.2, 0) is 33.2 Å². The number of aliphatic hydroxyl groups is 5. The third kappa shape index (κ3) is 9.47. The van der Waals surface area contributed by atoms with Crippen LogP contribution in [0.4, 0.5) is 0 Å². The van der Waals surface area contributed by atoms with Crippen molar-refractivity contribution in [2.24, 2.45) is 28.8 Å². The Morgan fingerprint density at radius 2 is 1.54 bits per heavy atom. The number of rotatable bonds is 7. The number of cyclic esters (lactones) is 1. The lowest BCUT2D eigenvalue weighted by atomic mass is 9.73. The second-order valence-electron chi connectivity index (χ2n) is 16.6. The van der Waals surface area contributed by atoms with E-state index in [4.69, 9.17) is 28.4 Å². The van der Waals surface area contributed by atoms with Gasteiger partial charge in [0, 0.05) is 37.3 Å². The van der Waals surface area contributed by atoms with E-state index in [0.717, 1.165) is 0 Å². The van der Waals surface area contributed by atoms with Crippen LogP contribution in [0.15, 0.2) is 5.16 Å². The number of hydrogen-bond acceptors (Lipinski definition) is 15. The lowest BCUT2D eigenvalue weighted by Gasteiger charge is -2.49. The fraction of sp³-hybridized carbons (Fsp3) is 0.946. The molecule has 3 saturated heterocycles. The number of aliphatic hydroxyl groups excluding tert-OH is 3. The summed E-state index contributed by atoms with van der Waals surface area (Å²) in [7, 11) is 5.19. The Morgan fingerprint density at radius 3 is 2.08 bits per heavy atom. The number of methoxy groups -OCH3 is 1. The van der Waals surface area contributed by atoms with Crippen LogP contribution in [0.5, 0.6) is 0 Å². The highest BCUT2D eigenvalue weighted by Gasteiger charge is 2.53. The first-order chi connectivity index (χ1) is 24.0. The van der Waals surface area contributed by atoms with Crippen LogP contribution < -0.4 is 0 Å². The molecule has 3 unspecified atom stereocenters. The van der Waals surface area contributed by atoms with E-state index in [-0.39, 0.29) is 37.1 Å². The molecule has 52 heavy (non-hydrogen) atoms. The van der Waals surface area contributed by atoms with Crippen molar-refractivity contribution in [1.82, 2.24) is 4.90 Å². The summed E-state index contributed by atoms with van der Waals surface area (Å²) in [5, 5.41) is 71.8. The fourth-order valence-corrected chi connectivity index (χ4v) is 8.61. The van der Waals surface area contributed by atoms with Gasteiger partial charge in [-0.15, -0.1) is 0 Å². The molecule has 0 aromatic carbocycles. The van der Waals surface area contributed by atoms with Gasteiger partial charge in [-0.25, -0.2) is 0 Å². The topological polar surface area (TPSA) is 209 Å². The average Bonchev–Trinajstić information content (AvgIpc) is 3.06. The Labute approximate surface area is 309 Å². The zero-order chi connectivity index (χ0) is 39.7. The molecule has 18 atom stereocenters. The molecule has 0 radical (unpaired) electrons. The highest BCUT2D eigenvalue weighted by molar-refractivity contribution is 5.88. The number of ether oxygens (including phenoxy) is 6. The van der Waals surface area contributed by atoms with Gasteiger partial charge < -0.3 is 64.1 Å². The molecule has 0 bridgehead atoms. The molecule has 0 aliphatic carbocycles. The second-order valence-corrected chi connectivity index (χ2v) is 16.6. The van der Waals surface area contributed by atoms with E-state index in [9.17, 15) is 35.5 Å². The molecule has 15 nitrogen and oxygen atoms in total. The molecular weight excluding hydrogens is 680 g/mol. The summed E-state index contributed by atoms with van der Waals surface area (Å²) in [6, 6.07) is -0.322. The van der Waals surface area contributed by atoms with Crippen LogP contribution in [0.3, 0.4) is 0 Å². The first kappa shape index (κ1) is 44.9. The molecule has 3 rings (SSSR count). The van der Waals surface area contributed by atoms with E-state index in [0.29, 0.717) is 6.42 Å². The van der Waals surface area contributed by atoms with E-state index >= 15 is 0 Å². The molecule has 6 N–H and O–H groups in total. The maximum Gasteiger partial charge on any atom is 0.311 e. The zero-order valence-corrected chi connectivity index (χ0v) is 33.4. The Bertz CT molecular complexity index is 1200. The number of carbonyl (C=O) groups is 1. The van der Waals surface area contributed by atoms with Gasteiger partial charge in [-0.2, -0.15) is 0 Å². The van der Waals surface area contributed by atoms with Gasteiger partial charge in [0.15, 0.2) is 12.6 Å². The number of carbonyl (C=O) groups excluding carboxylic acids is 1. The molecule has 0 spiro atoms. The summed E-state index contributed by atoms with van der Waals surface area (Å²) in [5.41, 5.74) is -4.68. The Morgan fingerprint density at radius 1 is 0.923 bits per heavy atom. The maximum atomic E-state index is 14.1. The van der Waals surface area contributed by atoms with Crippen molar-refractivity contribution in [2.75, 3.05) is 21.2 Å². The molecule has 3 aliphatic heterocycles. The third-order valence-corrected chi connectivity index (χ3v) is 12.0. The number of hydrogen-bond donors (Lipinski definition) is 6. The molecule has 3 fully saturated rings. The fourth-order valence-electron chi connectivity index (χ4n) is 8.61. The minimum atomic E-state index is -1.97. The van der Waals surface area contributed by atoms with E-state index in [2.05, 4.69) is 5.16 Å². The quantitative estimate of drug-likeness (QED) is 0.125. The number of nitrogens with zero attached hydrogens (tertiary/aromatic N) is 2. The number of likely N-dealkylation sites (N-methyl/N-ethyl adjacent to an activating group) is 1. The summed E-state index contributed by atoms with van der Waals surface area (Å²) in [4.78, 5) is 16.0. The van der Waals surface area contributed by atoms with Gasteiger partial charge >= 0.3 is 5.97 Å². The van der Waals surface area contributed by atoms with Crippen LogP contribution >= 0.6 is 0 Å². The molecule has 304 valence electrons. The summed E-state index contributed by atoms with van der Waals surface area (Å²) < 4.78 is 37.2. The minimum Gasteiger partial charge on any atom is -0.459 e. The monoisotopic (exact) mass is 748 g/mol. The van der Waals surface area contributed by atoms with Crippen molar-refractivity contribution >= 4 is 11.7 Å². The highest BCUT2D eigenvalue weighted by Crippen LogP contribution is 2.41. The lowest BCUT2D eigenvalue weighted by Crippen LogP contribution is -2.61. The van der Waals surface area contributed by atoms with Crippen LogP contribution in [0, 0.1) is 23.7 Å². The summed E-state index contributed by atoms with van der Waals surface area (Å²) in [6.07, 6.45) is -9.51. The van der Waals surface area contributed by atoms with Crippen LogP contribution in [0.25, 0.3) is 0 Å². The molecule has 0 saturated carbocycles. The number of esters is 1. The molecule has 0 aromatic rings. The second kappa shape index (κ2) is 17.5. The predicted molar refractivity (Wildman–Crippen MR) is 190 cm³/mol. The van der Waals surface area contributed by atoms with Crippen molar-refractivity contribution in [3.05, 3.63) is 0 Å². The molecular formula is C37H68N2O13. The summed E-state index contributed by atoms with van der Waals surface area (Å²) in [6.45, 7) is 16.6. The summed E-state index contributed by atoms with van der Waals surface area (Å²) >= 11 is 0. The average molecular weight is 749 g/mol. The number of oxime groups is 1. The van der Waals surface area contributed by atoms with Crippen molar-refractivity contribution < 1.29 is 64.0 Å². The Balaban J connectivity index is 2.21. The smallest absolute Gasteiger partial charge is 0.311 e. The van der Waals surface area contributed by atoms with Gasteiger partial charge in [-0.1, -0.05) is 32.9 Å². The van der Waals surface area contributed by atoms with Crippen molar-refractivity contribution in [3.63, 3.8) is 0 Å². The third-order valence-electron chi connectivity index (χ3n) is 12.0. The van der Waals surface area contributed by atoms with E-state index in [1.54, 1.807) is 55.4 Å². The van der Waals surface area contributed by atoms with E-state index in [1.807, 2.05) is 25.9 Å². The molecule has 3 aliphatic rings. The van der Waals surface area contributed by atoms with E-state index in [1.165, 1.54) is 14.0 Å². The van der Waals surface area contributed by atoms with Crippen molar-refractivity contribution in [1.29, 1.82) is 0 Å². The van der Waals surface area contributed by atoms with Gasteiger partial charge in [-0.3, -0.25) is 4.79 Å².